The zero-order chi connectivity index (χ0) is 10.7. The predicted molar refractivity (Wildman–Crippen MR) is 54.8 cm³/mol. The molecule has 0 aliphatic carbocycles. The molecule has 2 N–H and O–H groups in total. The van der Waals surface area contributed by atoms with Crippen molar-refractivity contribution in [3.05, 3.63) is 33.8 Å². The van der Waals surface area contributed by atoms with E-state index in [-0.39, 0.29) is 16.3 Å². The third kappa shape index (κ3) is 2.65. The van der Waals surface area contributed by atoms with Gasteiger partial charge in [0.25, 0.3) is 0 Å². The average Bonchev–Trinajstić information content (AvgIpc) is 2.01. The Balaban J connectivity index is 3.15. The van der Waals surface area contributed by atoms with Gasteiger partial charge in [0.15, 0.2) is 0 Å². The van der Waals surface area contributed by atoms with Crippen molar-refractivity contribution in [2.75, 3.05) is 0 Å². The number of hydrogen-bond acceptors (Lipinski definition) is 2. The molecule has 0 atom stereocenters. The van der Waals surface area contributed by atoms with Crippen molar-refractivity contribution in [2.45, 2.75) is 0 Å². The Hall–Kier alpha value is -1.19. The fraction of sp³-hybridized carbons (Fsp3) is 0. The molecule has 0 aliphatic rings. The lowest BCUT2D eigenvalue weighted by Crippen LogP contribution is -1.86. The summed E-state index contributed by atoms with van der Waals surface area (Å²) >= 11 is 11.3. The Morgan fingerprint density at radius 2 is 2.00 bits per heavy atom. The number of rotatable bonds is 2. The second kappa shape index (κ2) is 4.35. The first-order valence-corrected chi connectivity index (χ1v) is 4.35. The first kappa shape index (κ1) is 10.9. The van der Waals surface area contributed by atoms with Crippen LogP contribution in [0.5, 0.6) is 5.75 Å². The minimum Gasteiger partial charge on any atom is -0.507 e. The highest BCUT2D eigenvalue weighted by Gasteiger charge is 2.05. The van der Waals surface area contributed by atoms with Gasteiger partial charge in [0.05, 0.1) is 5.02 Å². The molecule has 0 aromatic heterocycles. The molecule has 3 nitrogen and oxygen atoms in total. The number of phenolic OH excluding ortho intramolecular Hbond substituents is 1. The molecular formula is C9H6Cl2O3. The van der Waals surface area contributed by atoms with Crippen LogP contribution in [0.4, 0.5) is 0 Å². The molecule has 0 spiro atoms. The summed E-state index contributed by atoms with van der Waals surface area (Å²) in [6.07, 6.45) is 2.09. The Kier molecular flexibility index (Phi) is 3.38. The van der Waals surface area contributed by atoms with Crippen LogP contribution in [0, 0.1) is 0 Å². The molecule has 0 radical (unpaired) electrons. The van der Waals surface area contributed by atoms with Crippen molar-refractivity contribution in [3.63, 3.8) is 0 Å². The van der Waals surface area contributed by atoms with Gasteiger partial charge in [0.2, 0.25) is 0 Å². The van der Waals surface area contributed by atoms with Gasteiger partial charge in [-0.2, -0.15) is 0 Å². The van der Waals surface area contributed by atoms with Crippen LogP contribution in [0.15, 0.2) is 18.2 Å². The third-order valence-electron chi connectivity index (χ3n) is 1.47. The quantitative estimate of drug-likeness (QED) is 0.772. The van der Waals surface area contributed by atoms with E-state index in [1.54, 1.807) is 0 Å². The lowest BCUT2D eigenvalue weighted by molar-refractivity contribution is -0.131. The summed E-state index contributed by atoms with van der Waals surface area (Å²) < 4.78 is 0. The number of benzene rings is 1. The Morgan fingerprint density at radius 3 is 2.50 bits per heavy atom. The Morgan fingerprint density at radius 1 is 1.36 bits per heavy atom. The molecule has 0 unspecified atom stereocenters. The molecule has 1 rings (SSSR count). The van der Waals surface area contributed by atoms with Gasteiger partial charge < -0.3 is 10.2 Å². The SMILES string of the molecule is O=C(O)/C=C/c1c(O)cc(Cl)cc1Cl. The second-order valence-electron chi connectivity index (χ2n) is 2.49. The predicted octanol–water partition coefficient (Wildman–Crippen LogP) is 2.80. The van der Waals surface area contributed by atoms with Gasteiger partial charge in [0.1, 0.15) is 5.75 Å². The summed E-state index contributed by atoms with van der Waals surface area (Å²) in [6, 6.07) is 2.71. The van der Waals surface area contributed by atoms with Gasteiger partial charge in [-0.1, -0.05) is 23.2 Å². The van der Waals surface area contributed by atoms with E-state index in [4.69, 9.17) is 28.3 Å². The highest BCUT2D eigenvalue weighted by molar-refractivity contribution is 6.35. The number of aliphatic carboxylic acids is 1. The summed E-state index contributed by atoms with van der Waals surface area (Å²) in [4.78, 5) is 10.2. The fourth-order valence-electron chi connectivity index (χ4n) is 0.891. The number of aromatic hydroxyl groups is 1. The molecule has 1 aromatic carbocycles. The van der Waals surface area contributed by atoms with Gasteiger partial charge in [-0.3, -0.25) is 0 Å². The van der Waals surface area contributed by atoms with Crippen LogP contribution in [0.2, 0.25) is 10.0 Å². The van der Waals surface area contributed by atoms with E-state index < -0.39 is 5.97 Å². The van der Waals surface area contributed by atoms with Crippen molar-refractivity contribution in [1.82, 2.24) is 0 Å². The summed E-state index contributed by atoms with van der Waals surface area (Å²) in [5, 5.41) is 18.2. The van der Waals surface area contributed by atoms with Crippen molar-refractivity contribution >= 4 is 35.2 Å². The van der Waals surface area contributed by atoms with Gasteiger partial charge in [-0.05, 0) is 18.2 Å². The maximum Gasteiger partial charge on any atom is 0.328 e. The lowest BCUT2D eigenvalue weighted by Gasteiger charge is -2.02. The number of carboxylic acids is 1. The number of carbonyl (C=O) groups is 1. The smallest absolute Gasteiger partial charge is 0.328 e. The summed E-state index contributed by atoms with van der Waals surface area (Å²) in [7, 11) is 0. The molecule has 1 aromatic rings. The normalized spacial score (nSPS) is 10.7. The van der Waals surface area contributed by atoms with E-state index >= 15 is 0 Å². The van der Waals surface area contributed by atoms with E-state index in [9.17, 15) is 9.90 Å². The molecule has 0 saturated heterocycles. The van der Waals surface area contributed by atoms with Crippen molar-refractivity contribution in [2.24, 2.45) is 0 Å². The van der Waals surface area contributed by atoms with Crippen LogP contribution in [0.25, 0.3) is 6.08 Å². The van der Waals surface area contributed by atoms with Crippen LogP contribution >= 0.6 is 23.2 Å². The monoisotopic (exact) mass is 232 g/mol. The lowest BCUT2D eigenvalue weighted by atomic mass is 10.2. The highest BCUT2D eigenvalue weighted by Crippen LogP contribution is 2.30. The Labute approximate surface area is 90.2 Å². The van der Waals surface area contributed by atoms with E-state index in [0.717, 1.165) is 6.08 Å². The molecular weight excluding hydrogens is 227 g/mol. The zero-order valence-electron chi connectivity index (χ0n) is 6.87. The summed E-state index contributed by atoms with van der Waals surface area (Å²) in [5.41, 5.74) is 0.235. The van der Waals surface area contributed by atoms with Crippen LogP contribution in [-0.4, -0.2) is 16.2 Å². The molecule has 0 saturated carbocycles. The first-order chi connectivity index (χ1) is 6.50. The van der Waals surface area contributed by atoms with Gasteiger partial charge in [0, 0.05) is 16.7 Å². The molecule has 5 heteroatoms. The minimum absolute atomic E-state index is 0.153. The number of halogens is 2. The largest absolute Gasteiger partial charge is 0.507 e. The third-order valence-corrected chi connectivity index (χ3v) is 2.00. The average molecular weight is 233 g/mol. The number of phenols is 1. The van der Waals surface area contributed by atoms with E-state index in [1.807, 2.05) is 0 Å². The van der Waals surface area contributed by atoms with Gasteiger partial charge in [-0.15, -0.1) is 0 Å². The molecule has 0 amide bonds. The standard InChI is InChI=1S/C9H6Cl2O3/c10-5-3-7(11)6(8(12)4-5)1-2-9(13)14/h1-4,12H,(H,13,14)/b2-1+. The van der Waals surface area contributed by atoms with Crippen molar-refractivity contribution in [3.8, 4) is 5.75 Å². The van der Waals surface area contributed by atoms with E-state index in [2.05, 4.69) is 0 Å². The van der Waals surface area contributed by atoms with Crippen molar-refractivity contribution in [1.29, 1.82) is 0 Å². The van der Waals surface area contributed by atoms with E-state index in [0.29, 0.717) is 5.02 Å². The summed E-state index contributed by atoms with van der Waals surface area (Å²) in [5.74, 6) is -1.27. The number of carboxylic acid groups (broad SMARTS) is 1. The van der Waals surface area contributed by atoms with Crippen LogP contribution in [0.1, 0.15) is 5.56 Å². The molecule has 0 fully saturated rings. The van der Waals surface area contributed by atoms with Crippen LogP contribution in [-0.2, 0) is 4.79 Å². The molecule has 14 heavy (non-hydrogen) atoms. The summed E-state index contributed by atoms with van der Waals surface area (Å²) in [6.45, 7) is 0. The Bertz CT molecular complexity index is 376. The second-order valence-corrected chi connectivity index (χ2v) is 3.34. The van der Waals surface area contributed by atoms with Gasteiger partial charge in [-0.25, -0.2) is 4.79 Å². The highest BCUT2D eigenvalue weighted by atomic mass is 35.5. The molecule has 0 aliphatic heterocycles. The maximum absolute atomic E-state index is 10.2. The zero-order valence-corrected chi connectivity index (χ0v) is 8.38. The van der Waals surface area contributed by atoms with Gasteiger partial charge >= 0.3 is 5.97 Å². The maximum atomic E-state index is 10.2. The topological polar surface area (TPSA) is 57.5 Å². The molecule has 74 valence electrons. The van der Waals surface area contributed by atoms with Crippen LogP contribution in [0.3, 0.4) is 0 Å². The number of hydrogen-bond donors (Lipinski definition) is 2. The van der Waals surface area contributed by atoms with Crippen LogP contribution < -0.4 is 0 Å². The molecule has 0 bridgehead atoms. The van der Waals surface area contributed by atoms with Crippen molar-refractivity contribution < 1.29 is 15.0 Å². The van der Waals surface area contributed by atoms with E-state index in [1.165, 1.54) is 18.2 Å². The minimum atomic E-state index is -1.12. The fourth-order valence-corrected chi connectivity index (χ4v) is 1.44. The first-order valence-electron chi connectivity index (χ1n) is 3.59. The molecule has 0 heterocycles.